The first kappa shape index (κ1) is 18.2. The van der Waals surface area contributed by atoms with Gasteiger partial charge in [-0.1, -0.05) is 24.3 Å². The predicted octanol–water partition coefficient (Wildman–Crippen LogP) is 2.96. The van der Waals surface area contributed by atoms with Crippen molar-refractivity contribution < 1.29 is 19.1 Å². The Morgan fingerprint density at radius 3 is 2.43 bits per heavy atom. The summed E-state index contributed by atoms with van der Waals surface area (Å²) in [6.45, 7) is 10.1. The summed E-state index contributed by atoms with van der Waals surface area (Å²) in [7, 11) is 0. The van der Waals surface area contributed by atoms with Crippen LogP contribution in [0.3, 0.4) is 0 Å². The second-order valence-corrected chi connectivity index (χ2v) is 4.60. The molecule has 0 unspecified atom stereocenters. The second-order valence-electron chi connectivity index (χ2n) is 4.60. The monoisotopic (exact) mass is 315 g/mol. The molecule has 0 aliphatic rings. The van der Waals surface area contributed by atoms with Gasteiger partial charge >= 0.3 is 11.9 Å². The third-order valence-electron chi connectivity index (χ3n) is 2.71. The molecule has 5 heteroatoms. The van der Waals surface area contributed by atoms with Crippen LogP contribution in [-0.4, -0.2) is 36.5 Å². The summed E-state index contributed by atoms with van der Waals surface area (Å²) in [6, 6.07) is 6.45. The van der Waals surface area contributed by atoms with Crippen LogP contribution >= 0.6 is 0 Å². The Hall–Kier alpha value is -2.82. The van der Waals surface area contributed by atoms with Gasteiger partial charge in [-0.25, -0.2) is 4.79 Å². The lowest BCUT2D eigenvalue weighted by molar-refractivity contribution is -0.131. The van der Waals surface area contributed by atoms with Gasteiger partial charge < -0.3 is 14.4 Å². The van der Waals surface area contributed by atoms with Crippen LogP contribution in [0.25, 0.3) is 0 Å². The Labute approximate surface area is 136 Å². The van der Waals surface area contributed by atoms with Crippen molar-refractivity contribution in [3.63, 3.8) is 0 Å². The Morgan fingerprint density at radius 1 is 1.17 bits per heavy atom. The lowest BCUT2D eigenvalue weighted by Crippen LogP contribution is -2.17. The largest absolute Gasteiger partial charge is 0.458 e. The first-order chi connectivity index (χ1) is 11.1. The van der Waals surface area contributed by atoms with Crippen LogP contribution in [0, 0.1) is 0 Å². The summed E-state index contributed by atoms with van der Waals surface area (Å²) in [6.07, 6.45) is 7.08. The molecule has 122 valence electrons. The number of nitrogens with zero attached hydrogens (tertiary/aromatic N) is 1. The first-order valence-electron chi connectivity index (χ1n) is 7.15. The number of ether oxygens (including phenoxy) is 2. The van der Waals surface area contributed by atoms with Gasteiger partial charge in [-0.3, -0.25) is 4.79 Å². The summed E-state index contributed by atoms with van der Waals surface area (Å²) < 4.78 is 10.1. The Morgan fingerprint density at radius 2 is 1.83 bits per heavy atom. The summed E-state index contributed by atoms with van der Waals surface area (Å²) >= 11 is 0. The van der Waals surface area contributed by atoms with Gasteiger partial charge in [-0.15, -0.1) is 13.2 Å². The van der Waals surface area contributed by atoms with E-state index in [1.807, 2.05) is 11.1 Å². The van der Waals surface area contributed by atoms with E-state index >= 15 is 0 Å². The summed E-state index contributed by atoms with van der Waals surface area (Å²) in [5.41, 5.74) is 0.213. The second kappa shape index (κ2) is 10.00. The van der Waals surface area contributed by atoms with Gasteiger partial charge in [-0.2, -0.15) is 0 Å². The Balaban J connectivity index is 2.61. The number of esters is 2. The maximum absolute atomic E-state index is 12.0. The van der Waals surface area contributed by atoms with Crippen LogP contribution in [-0.2, 0) is 9.53 Å². The van der Waals surface area contributed by atoms with Crippen LogP contribution in [0.2, 0.25) is 0 Å². The number of carbonyl (C=O) groups is 2. The van der Waals surface area contributed by atoms with Crippen molar-refractivity contribution in [2.75, 3.05) is 19.7 Å². The molecule has 1 aromatic carbocycles. The third kappa shape index (κ3) is 6.65. The van der Waals surface area contributed by atoms with E-state index in [-0.39, 0.29) is 17.9 Å². The molecule has 0 N–H and O–H groups in total. The summed E-state index contributed by atoms with van der Waals surface area (Å²) in [5, 5.41) is 0. The molecule has 1 rings (SSSR count). The maximum Gasteiger partial charge on any atom is 0.342 e. The van der Waals surface area contributed by atoms with Crippen LogP contribution in [0.5, 0.6) is 5.75 Å². The first-order valence-corrected chi connectivity index (χ1v) is 7.15. The predicted molar refractivity (Wildman–Crippen MR) is 89.1 cm³/mol. The lowest BCUT2D eigenvalue weighted by atomic mass is 10.2. The summed E-state index contributed by atoms with van der Waals surface area (Å²) in [4.78, 5) is 25.0. The molecule has 0 aliphatic carbocycles. The van der Waals surface area contributed by atoms with Crippen molar-refractivity contribution in [1.82, 2.24) is 4.90 Å². The van der Waals surface area contributed by atoms with Crippen molar-refractivity contribution in [3.05, 3.63) is 67.4 Å². The standard InChI is InChI=1S/C18H21NO4/c1-4-11-19(12-5-2)13-8-14-22-18(21)16-9-6-7-10-17(16)23-15(3)20/h4-10,13H,1-2,11-12,14H2,3H3. The molecule has 0 amide bonds. The molecule has 0 radical (unpaired) electrons. The molecule has 0 saturated heterocycles. The number of carbonyl (C=O) groups excluding carboxylic acids is 2. The molecule has 0 atom stereocenters. The highest BCUT2D eigenvalue weighted by molar-refractivity contribution is 5.93. The fourth-order valence-corrected chi connectivity index (χ4v) is 1.80. The molecular weight excluding hydrogens is 294 g/mol. The smallest absolute Gasteiger partial charge is 0.342 e. The molecule has 0 heterocycles. The van der Waals surface area contributed by atoms with Crippen LogP contribution in [0.15, 0.2) is 61.9 Å². The average molecular weight is 315 g/mol. The fraction of sp³-hybridized carbons (Fsp3) is 0.222. The molecule has 0 spiro atoms. The maximum atomic E-state index is 12.0. The van der Waals surface area contributed by atoms with Crippen LogP contribution < -0.4 is 4.74 Å². The topological polar surface area (TPSA) is 55.8 Å². The van der Waals surface area contributed by atoms with E-state index < -0.39 is 11.9 Å². The van der Waals surface area contributed by atoms with E-state index in [4.69, 9.17) is 9.47 Å². The molecular formula is C18H21NO4. The number of hydrogen-bond donors (Lipinski definition) is 0. The van der Waals surface area contributed by atoms with Gasteiger partial charge in [0.2, 0.25) is 0 Å². The SMILES string of the molecule is C=CCN(C=CCOC(=O)c1ccccc1OC(C)=O)CC=C. The zero-order chi connectivity index (χ0) is 17.1. The van der Waals surface area contributed by atoms with Crippen molar-refractivity contribution in [2.24, 2.45) is 0 Å². The van der Waals surface area contributed by atoms with E-state index in [1.165, 1.54) is 6.92 Å². The van der Waals surface area contributed by atoms with Crippen molar-refractivity contribution in [1.29, 1.82) is 0 Å². The quantitative estimate of drug-likeness (QED) is 0.398. The Bertz CT molecular complexity index is 582. The van der Waals surface area contributed by atoms with Crippen molar-refractivity contribution in [3.8, 4) is 5.75 Å². The van der Waals surface area contributed by atoms with Gasteiger partial charge in [0, 0.05) is 20.0 Å². The van der Waals surface area contributed by atoms with E-state index in [0.717, 1.165) is 0 Å². The van der Waals surface area contributed by atoms with Crippen molar-refractivity contribution >= 4 is 11.9 Å². The highest BCUT2D eigenvalue weighted by Crippen LogP contribution is 2.19. The van der Waals surface area contributed by atoms with E-state index in [9.17, 15) is 9.59 Å². The highest BCUT2D eigenvalue weighted by atomic mass is 16.5. The van der Waals surface area contributed by atoms with Gasteiger partial charge in [-0.05, 0) is 24.4 Å². The van der Waals surface area contributed by atoms with E-state index in [1.54, 1.807) is 42.5 Å². The fourth-order valence-electron chi connectivity index (χ4n) is 1.80. The third-order valence-corrected chi connectivity index (χ3v) is 2.71. The molecule has 0 fully saturated rings. The minimum Gasteiger partial charge on any atom is -0.458 e. The zero-order valence-electron chi connectivity index (χ0n) is 13.2. The summed E-state index contributed by atoms with van der Waals surface area (Å²) in [5.74, 6) is -0.853. The number of hydrogen-bond acceptors (Lipinski definition) is 5. The van der Waals surface area contributed by atoms with Gasteiger partial charge in [0.05, 0.1) is 0 Å². The highest BCUT2D eigenvalue weighted by Gasteiger charge is 2.14. The molecule has 0 aliphatic heterocycles. The van der Waals surface area contributed by atoms with Gasteiger partial charge in [0.25, 0.3) is 0 Å². The van der Waals surface area contributed by atoms with Crippen LogP contribution in [0.4, 0.5) is 0 Å². The van der Waals surface area contributed by atoms with E-state index in [2.05, 4.69) is 13.2 Å². The molecule has 0 aromatic heterocycles. The normalized spacial score (nSPS) is 10.1. The Kier molecular flexibility index (Phi) is 7.92. The molecule has 0 bridgehead atoms. The average Bonchev–Trinajstić information content (AvgIpc) is 2.51. The molecule has 23 heavy (non-hydrogen) atoms. The number of benzene rings is 1. The van der Waals surface area contributed by atoms with Gasteiger partial charge in [0.1, 0.15) is 17.9 Å². The molecule has 1 aromatic rings. The molecule has 5 nitrogen and oxygen atoms in total. The number of para-hydroxylation sites is 1. The van der Waals surface area contributed by atoms with Crippen LogP contribution in [0.1, 0.15) is 17.3 Å². The van der Waals surface area contributed by atoms with Crippen molar-refractivity contribution in [2.45, 2.75) is 6.92 Å². The van der Waals surface area contributed by atoms with E-state index in [0.29, 0.717) is 13.1 Å². The molecule has 0 saturated carbocycles. The van der Waals surface area contributed by atoms with Gasteiger partial charge in [0.15, 0.2) is 0 Å². The zero-order valence-corrected chi connectivity index (χ0v) is 13.2. The minimum atomic E-state index is -0.550. The lowest BCUT2D eigenvalue weighted by Gasteiger charge is -2.15. The minimum absolute atomic E-state index is 0.109. The number of rotatable bonds is 9.